The van der Waals surface area contributed by atoms with E-state index in [1.807, 2.05) is 0 Å². The van der Waals surface area contributed by atoms with Crippen molar-refractivity contribution in [2.24, 2.45) is 0 Å². The molecule has 2 aromatic rings. The second-order valence-corrected chi connectivity index (χ2v) is 6.65. The third kappa shape index (κ3) is 2.57. The minimum atomic E-state index is -3.16. The number of rotatable bonds is 3. The van der Waals surface area contributed by atoms with Crippen LogP contribution in [0.4, 0.5) is 11.4 Å². The molecule has 0 aliphatic carbocycles. The first-order chi connectivity index (χ1) is 9.96. The van der Waals surface area contributed by atoms with Crippen LogP contribution in [-0.2, 0) is 9.84 Å². The van der Waals surface area contributed by atoms with E-state index in [2.05, 4.69) is 10.3 Å². The van der Waals surface area contributed by atoms with Crippen molar-refractivity contribution in [1.82, 2.24) is 4.98 Å². The SMILES string of the molecule is O=[N+]([O-])c1ccc(NC2C=CS(=O)(=O)C2)c2cnccc12. The van der Waals surface area contributed by atoms with Crippen molar-refractivity contribution < 1.29 is 13.3 Å². The van der Waals surface area contributed by atoms with Gasteiger partial charge < -0.3 is 5.32 Å². The van der Waals surface area contributed by atoms with Crippen molar-refractivity contribution >= 4 is 32.0 Å². The van der Waals surface area contributed by atoms with Crippen LogP contribution in [0, 0.1) is 10.1 Å². The van der Waals surface area contributed by atoms with E-state index in [1.165, 1.54) is 23.9 Å². The summed E-state index contributed by atoms with van der Waals surface area (Å²) in [5, 5.41) is 16.3. The molecule has 0 saturated carbocycles. The Kier molecular flexibility index (Phi) is 3.09. The Balaban J connectivity index is 2.03. The van der Waals surface area contributed by atoms with E-state index >= 15 is 0 Å². The first-order valence-corrected chi connectivity index (χ1v) is 7.86. The summed E-state index contributed by atoms with van der Waals surface area (Å²) in [6.07, 6.45) is 4.58. The largest absolute Gasteiger partial charge is 0.377 e. The van der Waals surface area contributed by atoms with Gasteiger partial charge in [-0.1, -0.05) is 6.08 Å². The zero-order valence-electron chi connectivity index (χ0n) is 10.8. The molecule has 1 aromatic carbocycles. The number of aromatic nitrogens is 1. The number of nitrogens with zero attached hydrogens (tertiary/aromatic N) is 2. The molecular weight excluding hydrogens is 294 g/mol. The molecule has 1 aliphatic rings. The summed E-state index contributed by atoms with van der Waals surface area (Å²) in [6.45, 7) is 0. The number of pyridine rings is 1. The van der Waals surface area contributed by atoms with Gasteiger partial charge in [0, 0.05) is 34.9 Å². The Labute approximate surface area is 120 Å². The van der Waals surface area contributed by atoms with Gasteiger partial charge in [0.2, 0.25) is 0 Å². The highest BCUT2D eigenvalue weighted by Crippen LogP contribution is 2.31. The molecule has 8 heteroatoms. The minimum Gasteiger partial charge on any atom is -0.377 e. The topological polar surface area (TPSA) is 102 Å². The molecular formula is C13H11N3O4S. The molecule has 1 aromatic heterocycles. The lowest BCUT2D eigenvalue weighted by Gasteiger charge is -2.13. The third-order valence-corrected chi connectivity index (χ3v) is 4.66. The Bertz CT molecular complexity index is 861. The lowest BCUT2D eigenvalue weighted by molar-refractivity contribution is -0.383. The molecule has 0 spiro atoms. The third-order valence-electron chi connectivity index (χ3n) is 3.26. The monoisotopic (exact) mass is 305 g/mol. The summed E-state index contributed by atoms with van der Waals surface area (Å²) >= 11 is 0. The number of nitrogens with one attached hydrogen (secondary N) is 1. The Morgan fingerprint density at radius 2 is 2.10 bits per heavy atom. The van der Waals surface area contributed by atoms with E-state index in [0.29, 0.717) is 16.5 Å². The van der Waals surface area contributed by atoms with E-state index in [-0.39, 0.29) is 17.5 Å². The number of nitro groups is 1. The summed E-state index contributed by atoms with van der Waals surface area (Å²) in [6, 6.07) is 4.19. The maximum atomic E-state index is 11.4. The zero-order valence-corrected chi connectivity index (χ0v) is 11.6. The lowest BCUT2D eigenvalue weighted by atomic mass is 10.1. The molecule has 1 aliphatic heterocycles. The highest BCUT2D eigenvalue weighted by Gasteiger charge is 2.23. The smallest absolute Gasteiger partial charge is 0.277 e. The van der Waals surface area contributed by atoms with E-state index in [0.717, 1.165) is 0 Å². The summed E-state index contributed by atoms with van der Waals surface area (Å²) in [5.74, 6) is -0.0221. The van der Waals surface area contributed by atoms with Crippen LogP contribution in [-0.4, -0.2) is 30.1 Å². The Morgan fingerprint density at radius 3 is 2.76 bits per heavy atom. The molecule has 1 unspecified atom stereocenters. The van der Waals surface area contributed by atoms with Crippen LogP contribution in [0.1, 0.15) is 0 Å². The number of anilines is 1. The molecule has 3 rings (SSSR count). The summed E-state index contributed by atoms with van der Waals surface area (Å²) in [5.41, 5.74) is 0.614. The van der Waals surface area contributed by atoms with Crippen LogP contribution in [0.3, 0.4) is 0 Å². The molecule has 0 fully saturated rings. The van der Waals surface area contributed by atoms with E-state index in [1.54, 1.807) is 18.2 Å². The Morgan fingerprint density at radius 1 is 1.29 bits per heavy atom. The second-order valence-electron chi connectivity index (χ2n) is 4.72. The maximum Gasteiger partial charge on any atom is 0.277 e. The van der Waals surface area contributed by atoms with Crippen molar-refractivity contribution in [3.05, 3.63) is 52.2 Å². The number of fused-ring (bicyclic) bond motifs is 1. The van der Waals surface area contributed by atoms with Crippen LogP contribution in [0.25, 0.3) is 10.8 Å². The molecule has 0 bridgehead atoms. The zero-order chi connectivity index (χ0) is 15.0. The fourth-order valence-electron chi connectivity index (χ4n) is 2.32. The molecule has 0 saturated heterocycles. The van der Waals surface area contributed by atoms with Gasteiger partial charge >= 0.3 is 0 Å². The van der Waals surface area contributed by atoms with Crippen LogP contribution >= 0.6 is 0 Å². The molecule has 1 atom stereocenters. The second kappa shape index (κ2) is 4.81. The number of nitro benzene ring substituents is 1. The predicted molar refractivity (Wildman–Crippen MR) is 78.7 cm³/mol. The predicted octanol–water partition coefficient (Wildman–Crippen LogP) is 1.87. The van der Waals surface area contributed by atoms with Gasteiger partial charge in [-0.3, -0.25) is 15.1 Å². The number of hydrogen-bond donors (Lipinski definition) is 1. The molecule has 0 radical (unpaired) electrons. The van der Waals surface area contributed by atoms with Gasteiger partial charge in [-0.2, -0.15) is 0 Å². The van der Waals surface area contributed by atoms with E-state index in [9.17, 15) is 18.5 Å². The molecule has 21 heavy (non-hydrogen) atoms. The van der Waals surface area contributed by atoms with Crippen LogP contribution in [0.5, 0.6) is 0 Å². The maximum absolute atomic E-state index is 11.4. The fraction of sp³-hybridized carbons (Fsp3) is 0.154. The van der Waals surface area contributed by atoms with Gasteiger partial charge in [0.05, 0.1) is 22.1 Å². The van der Waals surface area contributed by atoms with Crippen LogP contribution < -0.4 is 5.32 Å². The minimum absolute atomic E-state index is 0.00691. The molecule has 7 nitrogen and oxygen atoms in total. The average Bonchev–Trinajstić information content (AvgIpc) is 2.78. The van der Waals surface area contributed by atoms with Crippen molar-refractivity contribution in [3.63, 3.8) is 0 Å². The number of hydrogen-bond acceptors (Lipinski definition) is 6. The fourth-order valence-corrected chi connectivity index (χ4v) is 3.56. The normalized spacial score (nSPS) is 19.7. The van der Waals surface area contributed by atoms with Crippen LogP contribution in [0.15, 0.2) is 42.1 Å². The summed E-state index contributed by atoms with van der Waals surface area (Å²) < 4.78 is 22.8. The molecule has 0 amide bonds. The molecule has 2 heterocycles. The van der Waals surface area contributed by atoms with Gasteiger partial charge in [0.15, 0.2) is 9.84 Å². The average molecular weight is 305 g/mol. The van der Waals surface area contributed by atoms with Gasteiger partial charge in [-0.05, 0) is 12.1 Å². The summed E-state index contributed by atoms with van der Waals surface area (Å²) in [7, 11) is -3.16. The van der Waals surface area contributed by atoms with E-state index in [4.69, 9.17) is 0 Å². The first-order valence-electron chi connectivity index (χ1n) is 6.15. The van der Waals surface area contributed by atoms with Crippen LogP contribution in [0.2, 0.25) is 0 Å². The van der Waals surface area contributed by atoms with Crippen molar-refractivity contribution in [2.45, 2.75) is 6.04 Å². The van der Waals surface area contributed by atoms with Crippen molar-refractivity contribution in [3.8, 4) is 0 Å². The van der Waals surface area contributed by atoms with Crippen molar-refractivity contribution in [2.75, 3.05) is 11.1 Å². The Hall–Kier alpha value is -2.48. The van der Waals surface area contributed by atoms with Crippen molar-refractivity contribution in [1.29, 1.82) is 0 Å². The quantitative estimate of drug-likeness (QED) is 0.686. The molecule has 1 N–H and O–H groups in total. The first kappa shape index (κ1) is 13.5. The highest BCUT2D eigenvalue weighted by molar-refractivity contribution is 7.94. The molecule has 108 valence electrons. The van der Waals surface area contributed by atoms with Gasteiger partial charge in [-0.25, -0.2) is 8.42 Å². The number of benzene rings is 1. The lowest BCUT2D eigenvalue weighted by Crippen LogP contribution is -2.21. The van der Waals surface area contributed by atoms with E-state index < -0.39 is 14.8 Å². The van der Waals surface area contributed by atoms with Gasteiger partial charge in [0.25, 0.3) is 5.69 Å². The standard InChI is InChI=1S/C13H11N3O4S/c17-16(18)13-2-1-12(11-7-14-5-3-10(11)13)15-9-4-6-21(19,20)8-9/h1-7,9,15H,8H2. The van der Waals surface area contributed by atoms with Gasteiger partial charge in [-0.15, -0.1) is 0 Å². The van der Waals surface area contributed by atoms with Gasteiger partial charge in [0.1, 0.15) is 0 Å². The number of non-ortho nitro benzene ring substituents is 1. The number of sulfone groups is 1. The highest BCUT2D eigenvalue weighted by atomic mass is 32.2. The summed E-state index contributed by atoms with van der Waals surface area (Å²) in [4.78, 5) is 14.6.